The standard InChI is InChI=1S/C13H25NO/c1-9(2)12-8-14-7-6-11(12)13-5-4-10(3)15-13/h9-14H,4-8H2,1-3H3. The molecule has 0 aromatic heterocycles. The molecule has 0 aromatic rings. The summed E-state index contributed by atoms with van der Waals surface area (Å²) in [6.45, 7) is 9.29. The van der Waals surface area contributed by atoms with Crippen LogP contribution >= 0.6 is 0 Å². The van der Waals surface area contributed by atoms with Crippen molar-refractivity contribution in [3.05, 3.63) is 0 Å². The van der Waals surface area contributed by atoms with E-state index >= 15 is 0 Å². The van der Waals surface area contributed by atoms with Crippen LogP contribution < -0.4 is 5.32 Å². The van der Waals surface area contributed by atoms with Crippen molar-refractivity contribution in [3.63, 3.8) is 0 Å². The van der Waals surface area contributed by atoms with E-state index in [1.165, 1.54) is 32.4 Å². The minimum absolute atomic E-state index is 0.498. The Hall–Kier alpha value is -0.0800. The number of ether oxygens (including phenoxy) is 1. The molecule has 2 nitrogen and oxygen atoms in total. The van der Waals surface area contributed by atoms with Crippen LogP contribution in [0, 0.1) is 17.8 Å². The molecule has 4 unspecified atom stereocenters. The van der Waals surface area contributed by atoms with Gasteiger partial charge < -0.3 is 10.1 Å². The van der Waals surface area contributed by atoms with Crippen molar-refractivity contribution in [3.8, 4) is 0 Å². The Kier molecular flexibility index (Phi) is 3.68. The van der Waals surface area contributed by atoms with E-state index in [0.29, 0.717) is 12.2 Å². The molecule has 2 aliphatic heterocycles. The highest BCUT2D eigenvalue weighted by molar-refractivity contribution is 4.88. The summed E-state index contributed by atoms with van der Waals surface area (Å²) in [5.41, 5.74) is 0. The summed E-state index contributed by atoms with van der Waals surface area (Å²) >= 11 is 0. The SMILES string of the molecule is CC1CCC(C2CCNCC2C(C)C)O1. The summed E-state index contributed by atoms with van der Waals surface area (Å²) in [6.07, 6.45) is 4.90. The summed E-state index contributed by atoms with van der Waals surface area (Å²) in [5, 5.41) is 3.53. The molecule has 0 saturated carbocycles. The van der Waals surface area contributed by atoms with Gasteiger partial charge in [-0.1, -0.05) is 13.8 Å². The third-order valence-electron chi connectivity index (χ3n) is 4.18. The van der Waals surface area contributed by atoms with E-state index in [2.05, 4.69) is 26.1 Å². The average molecular weight is 211 g/mol. The second-order valence-electron chi connectivity index (χ2n) is 5.63. The molecule has 0 amide bonds. The summed E-state index contributed by atoms with van der Waals surface area (Å²) in [7, 11) is 0. The Morgan fingerprint density at radius 3 is 2.60 bits per heavy atom. The summed E-state index contributed by atoms with van der Waals surface area (Å²) < 4.78 is 6.05. The Labute approximate surface area is 93.8 Å². The largest absolute Gasteiger partial charge is 0.375 e. The second-order valence-corrected chi connectivity index (χ2v) is 5.63. The molecule has 0 radical (unpaired) electrons. The van der Waals surface area contributed by atoms with Crippen LogP contribution in [0.2, 0.25) is 0 Å². The molecule has 15 heavy (non-hydrogen) atoms. The highest BCUT2D eigenvalue weighted by Gasteiger charge is 2.37. The zero-order valence-electron chi connectivity index (χ0n) is 10.3. The van der Waals surface area contributed by atoms with Gasteiger partial charge in [-0.25, -0.2) is 0 Å². The lowest BCUT2D eigenvalue weighted by molar-refractivity contribution is -0.0171. The summed E-state index contributed by atoms with van der Waals surface area (Å²) in [4.78, 5) is 0. The van der Waals surface area contributed by atoms with Gasteiger partial charge in [-0.2, -0.15) is 0 Å². The smallest absolute Gasteiger partial charge is 0.0611 e. The third-order valence-corrected chi connectivity index (χ3v) is 4.18. The normalized spacial score (nSPS) is 42.4. The van der Waals surface area contributed by atoms with Crippen LogP contribution in [0.25, 0.3) is 0 Å². The van der Waals surface area contributed by atoms with Gasteiger partial charge in [-0.3, -0.25) is 0 Å². The Bertz CT molecular complexity index is 205. The maximum absolute atomic E-state index is 6.05. The number of nitrogens with one attached hydrogen (secondary N) is 1. The van der Waals surface area contributed by atoms with Gasteiger partial charge in [0.15, 0.2) is 0 Å². The molecule has 1 N–H and O–H groups in total. The van der Waals surface area contributed by atoms with E-state index in [4.69, 9.17) is 4.74 Å². The predicted molar refractivity (Wildman–Crippen MR) is 62.9 cm³/mol. The highest BCUT2D eigenvalue weighted by Crippen LogP contribution is 2.36. The lowest BCUT2D eigenvalue weighted by Crippen LogP contribution is -2.44. The van der Waals surface area contributed by atoms with E-state index in [0.717, 1.165) is 17.8 Å². The van der Waals surface area contributed by atoms with Crippen molar-refractivity contribution in [2.45, 2.75) is 52.2 Å². The predicted octanol–water partition coefficient (Wildman–Crippen LogP) is 2.44. The number of hydrogen-bond donors (Lipinski definition) is 1. The van der Waals surface area contributed by atoms with Crippen LogP contribution in [0.4, 0.5) is 0 Å². The van der Waals surface area contributed by atoms with Gasteiger partial charge in [0.05, 0.1) is 12.2 Å². The van der Waals surface area contributed by atoms with E-state index in [-0.39, 0.29) is 0 Å². The molecule has 88 valence electrons. The highest BCUT2D eigenvalue weighted by atomic mass is 16.5. The Morgan fingerprint density at radius 2 is 2.00 bits per heavy atom. The first kappa shape index (κ1) is 11.4. The number of hydrogen-bond acceptors (Lipinski definition) is 2. The first-order valence-electron chi connectivity index (χ1n) is 6.54. The van der Waals surface area contributed by atoms with Crippen molar-refractivity contribution < 1.29 is 4.74 Å². The average Bonchev–Trinajstić information content (AvgIpc) is 2.65. The molecular weight excluding hydrogens is 186 g/mol. The molecule has 2 aliphatic rings. The van der Waals surface area contributed by atoms with Crippen molar-refractivity contribution in [1.82, 2.24) is 5.32 Å². The van der Waals surface area contributed by atoms with Crippen LogP contribution in [0.5, 0.6) is 0 Å². The van der Waals surface area contributed by atoms with Gasteiger partial charge >= 0.3 is 0 Å². The molecule has 2 fully saturated rings. The van der Waals surface area contributed by atoms with Crippen LogP contribution in [-0.4, -0.2) is 25.3 Å². The molecule has 0 spiro atoms. The molecule has 2 heteroatoms. The molecule has 0 bridgehead atoms. The maximum atomic E-state index is 6.05. The summed E-state index contributed by atoms with van der Waals surface area (Å²) in [5.74, 6) is 2.40. The molecule has 2 saturated heterocycles. The molecule has 0 aromatic carbocycles. The zero-order chi connectivity index (χ0) is 10.8. The Morgan fingerprint density at radius 1 is 1.20 bits per heavy atom. The van der Waals surface area contributed by atoms with Gasteiger partial charge in [-0.05, 0) is 57.0 Å². The monoisotopic (exact) mass is 211 g/mol. The van der Waals surface area contributed by atoms with E-state index in [1.54, 1.807) is 0 Å². The summed E-state index contributed by atoms with van der Waals surface area (Å²) in [6, 6.07) is 0. The lowest BCUT2D eigenvalue weighted by Gasteiger charge is -2.38. The van der Waals surface area contributed by atoms with Gasteiger partial charge in [0.2, 0.25) is 0 Å². The van der Waals surface area contributed by atoms with Gasteiger partial charge in [0.1, 0.15) is 0 Å². The van der Waals surface area contributed by atoms with Crippen molar-refractivity contribution >= 4 is 0 Å². The number of piperidine rings is 1. The molecule has 2 rings (SSSR count). The first-order chi connectivity index (χ1) is 7.18. The molecule has 2 heterocycles. The second kappa shape index (κ2) is 4.84. The molecule has 4 atom stereocenters. The van der Waals surface area contributed by atoms with Crippen LogP contribution in [-0.2, 0) is 4.74 Å². The Balaban J connectivity index is 1.98. The van der Waals surface area contributed by atoms with E-state index in [1.807, 2.05) is 0 Å². The van der Waals surface area contributed by atoms with Crippen LogP contribution in [0.1, 0.15) is 40.0 Å². The van der Waals surface area contributed by atoms with Gasteiger partial charge in [0.25, 0.3) is 0 Å². The fourth-order valence-corrected chi connectivity index (χ4v) is 3.24. The first-order valence-corrected chi connectivity index (χ1v) is 6.54. The minimum atomic E-state index is 0.498. The third kappa shape index (κ3) is 2.54. The van der Waals surface area contributed by atoms with Gasteiger partial charge in [-0.15, -0.1) is 0 Å². The lowest BCUT2D eigenvalue weighted by atomic mass is 9.75. The fraction of sp³-hybridized carbons (Fsp3) is 1.00. The molecular formula is C13H25NO. The van der Waals surface area contributed by atoms with Crippen LogP contribution in [0.15, 0.2) is 0 Å². The van der Waals surface area contributed by atoms with Crippen molar-refractivity contribution in [2.75, 3.05) is 13.1 Å². The topological polar surface area (TPSA) is 21.3 Å². The van der Waals surface area contributed by atoms with E-state index < -0.39 is 0 Å². The van der Waals surface area contributed by atoms with E-state index in [9.17, 15) is 0 Å². The van der Waals surface area contributed by atoms with Crippen molar-refractivity contribution in [2.24, 2.45) is 17.8 Å². The maximum Gasteiger partial charge on any atom is 0.0611 e. The molecule has 0 aliphatic carbocycles. The van der Waals surface area contributed by atoms with Crippen LogP contribution in [0.3, 0.4) is 0 Å². The van der Waals surface area contributed by atoms with Crippen molar-refractivity contribution in [1.29, 1.82) is 0 Å². The zero-order valence-corrected chi connectivity index (χ0v) is 10.3. The quantitative estimate of drug-likeness (QED) is 0.757. The fourth-order valence-electron chi connectivity index (χ4n) is 3.24. The van der Waals surface area contributed by atoms with Gasteiger partial charge in [0, 0.05) is 0 Å². The minimum Gasteiger partial charge on any atom is -0.375 e. The number of rotatable bonds is 2.